The third kappa shape index (κ3) is 4.83. The largest absolute Gasteiger partial charge is 0.477 e. The zero-order valence-corrected chi connectivity index (χ0v) is 11.9. The number of hydrogen-bond donors (Lipinski definition) is 1. The van der Waals surface area contributed by atoms with E-state index in [9.17, 15) is 13.6 Å². The Morgan fingerprint density at radius 3 is 2.53 bits per heavy atom. The van der Waals surface area contributed by atoms with Crippen molar-refractivity contribution in [2.45, 2.75) is 39.0 Å². The zero-order chi connectivity index (χ0) is 14.6. The minimum absolute atomic E-state index is 0.112. The van der Waals surface area contributed by atoms with Gasteiger partial charge in [0.25, 0.3) is 6.43 Å². The molecule has 0 saturated heterocycles. The Hall–Kier alpha value is -1.08. The van der Waals surface area contributed by atoms with Crippen LogP contribution in [0.25, 0.3) is 0 Å². The standard InChI is InChI=1S/C12H17F2NO3S/c1-12(2,3)10-9(11(16)17)19-8(15-10)4-5-18-6-7(13)14/h7H,4-6H2,1-3H3,(H,16,17). The number of halogens is 2. The molecule has 0 aromatic carbocycles. The summed E-state index contributed by atoms with van der Waals surface area (Å²) in [6.45, 7) is 5.15. The normalized spacial score (nSPS) is 12.1. The summed E-state index contributed by atoms with van der Waals surface area (Å²) in [6, 6.07) is 0. The lowest BCUT2D eigenvalue weighted by Crippen LogP contribution is -2.16. The van der Waals surface area contributed by atoms with Gasteiger partial charge in [0.15, 0.2) is 0 Å². The van der Waals surface area contributed by atoms with Crippen molar-refractivity contribution in [1.29, 1.82) is 0 Å². The number of nitrogens with zero attached hydrogens (tertiary/aromatic N) is 1. The van der Waals surface area contributed by atoms with Crippen molar-refractivity contribution in [1.82, 2.24) is 4.98 Å². The van der Waals surface area contributed by atoms with Gasteiger partial charge in [0.2, 0.25) is 0 Å². The average Bonchev–Trinajstić information content (AvgIpc) is 2.68. The van der Waals surface area contributed by atoms with Crippen LogP contribution < -0.4 is 0 Å². The topological polar surface area (TPSA) is 59.4 Å². The molecule has 0 aliphatic carbocycles. The number of thiazole rings is 1. The second-order valence-corrected chi connectivity index (χ2v) is 6.14. The highest BCUT2D eigenvalue weighted by Crippen LogP contribution is 2.29. The Morgan fingerprint density at radius 2 is 2.11 bits per heavy atom. The SMILES string of the molecule is CC(C)(C)c1nc(CCOCC(F)F)sc1C(=O)O. The lowest BCUT2D eigenvalue weighted by atomic mass is 9.91. The van der Waals surface area contributed by atoms with Crippen LogP contribution in [0.15, 0.2) is 0 Å². The lowest BCUT2D eigenvalue weighted by molar-refractivity contribution is 0.0187. The van der Waals surface area contributed by atoms with Gasteiger partial charge in [-0.3, -0.25) is 0 Å². The molecule has 7 heteroatoms. The molecule has 0 aliphatic heterocycles. The fourth-order valence-electron chi connectivity index (χ4n) is 1.46. The minimum Gasteiger partial charge on any atom is -0.477 e. The van der Waals surface area contributed by atoms with E-state index in [0.29, 0.717) is 17.1 Å². The molecule has 1 rings (SSSR count). The number of alkyl halides is 2. The van der Waals surface area contributed by atoms with Gasteiger partial charge in [-0.15, -0.1) is 11.3 Å². The summed E-state index contributed by atoms with van der Waals surface area (Å²) in [4.78, 5) is 15.6. The van der Waals surface area contributed by atoms with Gasteiger partial charge in [0.05, 0.1) is 17.3 Å². The first-order valence-corrected chi connectivity index (χ1v) is 6.63. The number of hydrogen-bond acceptors (Lipinski definition) is 4. The van der Waals surface area contributed by atoms with Crippen molar-refractivity contribution in [2.75, 3.05) is 13.2 Å². The highest BCUT2D eigenvalue weighted by atomic mass is 32.1. The van der Waals surface area contributed by atoms with Crippen molar-refractivity contribution in [3.8, 4) is 0 Å². The van der Waals surface area contributed by atoms with Gasteiger partial charge in [-0.1, -0.05) is 20.8 Å². The molecular weight excluding hydrogens is 276 g/mol. The number of carbonyl (C=O) groups is 1. The van der Waals surface area contributed by atoms with Crippen LogP contribution in [-0.4, -0.2) is 35.7 Å². The van der Waals surface area contributed by atoms with Crippen LogP contribution in [-0.2, 0) is 16.6 Å². The first-order chi connectivity index (χ1) is 8.71. The molecule has 0 bridgehead atoms. The molecule has 4 nitrogen and oxygen atoms in total. The lowest BCUT2D eigenvalue weighted by Gasteiger charge is -2.16. The van der Waals surface area contributed by atoms with Crippen molar-refractivity contribution < 1.29 is 23.4 Å². The van der Waals surface area contributed by atoms with Gasteiger partial charge in [-0.25, -0.2) is 18.6 Å². The number of ether oxygens (including phenoxy) is 1. The summed E-state index contributed by atoms with van der Waals surface area (Å²) in [5.74, 6) is -1.01. The molecule has 19 heavy (non-hydrogen) atoms. The van der Waals surface area contributed by atoms with Crippen LogP contribution in [0.4, 0.5) is 8.78 Å². The predicted molar refractivity (Wildman–Crippen MR) is 68.3 cm³/mol. The Balaban J connectivity index is 2.73. The van der Waals surface area contributed by atoms with Gasteiger partial charge in [0.1, 0.15) is 11.5 Å². The number of aromatic nitrogens is 1. The Morgan fingerprint density at radius 1 is 1.47 bits per heavy atom. The van der Waals surface area contributed by atoms with Gasteiger partial charge in [-0.2, -0.15) is 0 Å². The fourth-order valence-corrected chi connectivity index (χ4v) is 2.55. The van der Waals surface area contributed by atoms with E-state index in [-0.39, 0.29) is 16.9 Å². The number of rotatable bonds is 6. The number of carboxylic acid groups (broad SMARTS) is 1. The summed E-state index contributed by atoms with van der Waals surface area (Å²) < 4.78 is 28.5. The maximum atomic E-state index is 11.9. The quantitative estimate of drug-likeness (QED) is 0.819. The number of aromatic carboxylic acids is 1. The van der Waals surface area contributed by atoms with E-state index in [1.807, 2.05) is 20.8 Å². The Kier molecular flexibility index (Phi) is 5.37. The van der Waals surface area contributed by atoms with Gasteiger partial charge < -0.3 is 9.84 Å². The Bertz CT molecular complexity index is 441. The smallest absolute Gasteiger partial charge is 0.347 e. The first-order valence-electron chi connectivity index (χ1n) is 5.81. The molecule has 0 unspecified atom stereocenters. The molecular formula is C12H17F2NO3S. The molecule has 0 saturated carbocycles. The minimum atomic E-state index is -2.49. The molecule has 0 atom stereocenters. The highest BCUT2D eigenvalue weighted by Gasteiger charge is 2.26. The molecule has 0 spiro atoms. The van der Waals surface area contributed by atoms with Gasteiger partial charge in [0, 0.05) is 11.8 Å². The molecule has 0 fully saturated rings. The van der Waals surface area contributed by atoms with Gasteiger partial charge in [-0.05, 0) is 0 Å². The van der Waals surface area contributed by atoms with Gasteiger partial charge >= 0.3 is 5.97 Å². The van der Waals surface area contributed by atoms with Crippen LogP contribution in [0, 0.1) is 0 Å². The molecule has 0 aliphatic rings. The van der Waals surface area contributed by atoms with E-state index in [1.54, 1.807) is 0 Å². The first kappa shape index (κ1) is 16.0. The maximum absolute atomic E-state index is 11.9. The second kappa shape index (κ2) is 6.38. The summed E-state index contributed by atoms with van der Waals surface area (Å²) in [6.07, 6.45) is -2.15. The maximum Gasteiger partial charge on any atom is 0.347 e. The van der Waals surface area contributed by atoms with E-state index < -0.39 is 19.0 Å². The molecule has 0 radical (unpaired) electrons. The van der Waals surface area contributed by atoms with Crippen molar-refractivity contribution in [2.24, 2.45) is 0 Å². The third-order valence-corrected chi connectivity index (χ3v) is 3.38. The number of carboxylic acids is 1. The van der Waals surface area contributed by atoms with Crippen molar-refractivity contribution in [3.05, 3.63) is 15.6 Å². The molecule has 0 amide bonds. The van der Waals surface area contributed by atoms with E-state index in [2.05, 4.69) is 4.98 Å². The van der Waals surface area contributed by atoms with E-state index in [1.165, 1.54) is 0 Å². The van der Waals surface area contributed by atoms with E-state index >= 15 is 0 Å². The van der Waals surface area contributed by atoms with Crippen LogP contribution in [0.1, 0.15) is 41.1 Å². The van der Waals surface area contributed by atoms with Crippen LogP contribution >= 0.6 is 11.3 Å². The monoisotopic (exact) mass is 293 g/mol. The predicted octanol–water partition coefficient (Wildman–Crippen LogP) is 2.96. The molecule has 1 heterocycles. The second-order valence-electron chi connectivity index (χ2n) is 5.06. The average molecular weight is 293 g/mol. The third-order valence-electron chi connectivity index (χ3n) is 2.28. The van der Waals surface area contributed by atoms with Crippen molar-refractivity contribution in [3.63, 3.8) is 0 Å². The molecule has 1 N–H and O–H groups in total. The molecule has 1 aromatic heterocycles. The van der Waals surface area contributed by atoms with Crippen LogP contribution in [0.5, 0.6) is 0 Å². The highest BCUT2D eigenvalue weighted by molar-refractivity contribution is 7.13. The molecule has 1 aromatic rings. The Labute approximate surface area is 114 Å². The fraction of sp³-hybridized carbons (Fsp3) is 0.667. The summed E-state index contributed by atoms with van der Waals surface area (Å²) in [5.41, 5.74) is 0.153. The summed E-state index contributed by atoms with van der Waals surface area (Å²) >= 11 is 1.08. The summed E-state index contributed by atoms with van der Waals surface area (Å²) in [5, 5.41) is 9.72. The van der Waals surface area contributed by atoms with E-state index in [4.69, 9.17) is 9.84 Å². The van der Waals surface area contributed by atoms with E-state index in [0.717, 1.165) is 11.3 Å². The zero-order valence-electron chi connectivity index (χ0n) is 11.1. The summed E-state index contributed by atoms with van der Waals surface area (Å²) in [7, 11) is 0. The van der Waals surface area contributed by atoms with Crippen LogP contribution in [0.3, 0.4) is 0 Å². The molecule has 108 valence electrons. The van der Waals surface area contributed by atoms with Crippen LogP contribution in [0.2, 0.25) is 0 Å². The van der Waals surface area contributed by atoms with Crippen molar-refractivity contribution >= 4 is 17.3 Å².